The van der Waals surface area contributed by atoms with Crippen molar-refractivity contribution in [1.29, 1.82) is 0 Å². The van der Waals surface area contributed by atoms with E-state index in [2.05, 4.69) is 24.5 Å². The van der Waals surface area contributed by atoms with Crippen LogP contribution in [0, 0.1) is 5.92 Å². The predicted octanol–water partition coefficient (Wildman–Crippen LogP) is 1.43. The Morgan fingerprint density at radius 1 is 1.33 bits per heavy atom. The highest BCUT2D eigenvalue weighted by Gasteiger charge is 2.21. The van der Waals surface area contributed by atoms with Gasteiger partial charge in [0, 0.05) is 6.54 Å². The van der Waals surface area contributed by atoms with Gasteiger partial charge in [-0.3, -0.25) is 4.79 Å². The molecule has 1 heterocycles. The minimum absolute atomic E-state index is 0.0434. The number of amides is 1. The number of rotatable bonds is 6. The van der Waals surface area contributed by atoms with Crippen molar-refractivity contribution in [3.8, 4) is 0 Å². The number of carbonyl (C=O) groups excluding carboxylic acids is 1. The lowest BCUT2D eigenvalue weighted by molar-refractivity contribution is -0.123. The van der Waals surface area contributed by atoms with E-state index in [1.807, 2.05) is 0 Å². The fourth-order valence-corrected chi connectivity index (χ4v) is 2.58. The number of hydrogen-bond donors (Lipinski definition) is 3. The van der Waals surface area contributed by atoms with Gasteiger partial charge in [-0.25, -0.2) is 0 Å². The Bertz CT molecular complexity index is 234. The van der Waals surface area contributed by atoms with E-state index in [4.69, 9.17) is 0 Å². The summed E-state index contributed by atoms with van der Waals surface area (Å²) in [5.41, 5.74) is 0. The number of aliphatic hydroxyl groups is 1. The van der Waals surface area contributed by atoms with E-state index >= 15 is 0 Å². The van der Waals surface area contributed by atoms with E-state index < -0.39 is 6.10 Å². The number of hydrogen-bond acceptors (Lipinski definition) is 3. The molecule has 3 N–H and O–H groups in total. The van der Waals surface area contributed by atoms with Gasteiger partial charge in [-0.05, 0) is 25.3 Å². The monoisotopic (exact) mass is 256 g/mol. The topological polar surface area (TPSA) is 61.4 Å². The fraction of sp³-hybridized carbons (Fsp3) is 0.929. The van der Waals surface area contributed by atoms with Crippen LogP contribution in [0.4, 0.5) is 0 Å². The normalized spacial score (nSPS) is 22.6. The molecule has 4 heteroatoms. The Morgan fingerprint density at radius 2 is 2.06 bits per heavy atom. The number of carbonyl (C=O) groups is 1. The second-order valence-electron chi connectivity index (χ2n) is 5.25. The van der Waals surface area contributed by atoms with E-state index in [0.29, 0.717) is 6.54 Å². The maximum Gasteiger partial charge on any atom is 0.237 e. The van der Waals surface area contributed by atoms with Crippen LogP contribution in [0.3, 0.4) is 0 Å². The van der Waals surface area contributed by atoms with Gasteiger partial charge >= 0.3 is 0 Å². The van der Waals surface area contributed by atoms with Crippen molar-refractivity contribution < 1.29 is 9.90 Å². The molecule has 2 unspecified atom stereocenters. The maximum atomic E-state index is 12.0. The highest BCUT2D eigenvalue weighted by Crippen LogP contribution is 2.13. The average Bonchev–Trinajstić information content (AvgIpc) is 2.66. The van der Waals surface area contributed by atoms with Gasteiger partial charge < -0.3 is 15.7 Å². The van der Waals surface area contributed by atoms with Crippen molar-refractivity contribution >= 4 is 5.91 Å². The zero-order valence-electron chi connectivity index (χ0n) is 11.7. The second kappa shape index (κ2) is 8.48. The first kappa shape index (κ1) is 15.4. The summed E-state index contributed by atoms with van der Waals surface area (Å²) >= 11 is 0. The van der Waals surface area contributed by atoms with E-state index in [9.17, 15) is 9.90 Å². The zero-order valence-corrected chi connectivity index (χ0v) is 11.7. The molecule has 0 aromatic heterocycles. The highest BCUT2D eigenvalue weighted by atomic mass is 16.3. The molecule has 0 spiro atoms. The molecular weight excluding hydrogens is 228 g/mol. The maximum absolute atomic E-state index is 12.0. The molecule has 4 nitrogen and oxygen atoms in total. The molecule has 1 rings (SSSR count). The number of aliphatic hydroxyl groups excluding tert-OH is 1. The van der Waals surface area contributed by atoms with Gasteiger partial charge in [0.15, 0.2) is 0 Å². The molecule has 0 radical (unpaired) electrons. The van der Waals surface area contributed by atoms with Crippen molar-refractivity contribution in [2.45, 2.75) is 64.5 Å². The largest absolute Gasteiger partial charge is 0.391 e. The van der Waals surface area contributed by atoms with Crippen LogP contribution in [0.15, 0.2) is 0 Å². The van der Waals surface area contributed by atoms with E-state index in [1.165, 1.54) is 6.42 Å². The summed E-state index contributed by atoms with van der Waals surface area (Å²) in [4.78, 5) is 12.0. The molecule has 106 valence electrons. The summed E-state index contributed by atoms with van der Waals surface area (Å²) in [7, 11) is 0. The lowest BCUT2D eigenvalue weighted by Crippen LogP contribution is -2.46. The van der Waals surface area contributed by atoms with Gasteiger partial charge in [0.1, 0.15) is 0 Å². The molecule has 0 saturated carbocycles. The summed E-state index contributed by atoms with van der Waals surface area (Å²) in [5, 5.41) is 16.1. The van der Waals surface area contributed by atoms with Gasteiger partial charge in [0.25, 0.3) is 0 Å². The Hall–Kier alpha value is -0.610. The molecular formula is C14H28N2O2. The van der Waals surface area contributed by atoms with Crippen molar-refractivity contribution in [3.63, 3.8) is 0 Å². The summed E-state index contributed by atoms with van der Waals surface area (Å²) in [5.74, 6) is 0.328. The molecule has 1 saturated heterocycles. The lowest BCUT2D eigenvalue weighted by atomic mass is 9.96. The van der Waals surface area contributed by atoms with Crippen molar-refractivity contribution in [2.24, 2.45) is 5.92 Å². The summed E-state index contributed by atoms with van der Waals surface area (Å²) in [6.07, 6.45) is 5.86. The molecule has 1 aliphatic rings. The van der Waals surface area contributed by atoms with Crippen LogP contribution in [0.1, 0.15) is 52.4 Å². The first-order valence-corrected chi connectivity index (χ1v) is 7.38. The van der Waals surface area contributed by atoms with Crippen LogP contribution in [0.5, 0.6) is 0 Å². The smallest absolute Gasteiger partial charge is 0.237 e. The van der Waals surface area contributed by atoms with Crippen molar-refractivity contribution in [1.82, 2.24) is 10.6 Å². The third-order valence-electron chi connectivity index (χ3n) is 3.96. The molecule has 0 aliphatic carbocycles. The van der Waals surface area contributed by atoms with Crippen LogP contribution in [-0.4, -0.2) is 36.2 Å². The molecule has 1 amide bonds. The Balaban J connectivity index is 2.30. The first-order valence-electron chi connectivity index (χ1n) is 7.38. The molecule has 0 aromatic rings. The van der Waals surface area contributed by atoms with E-state index in [1.54, 1.807) is 0 Å². The van der Waals surface area contributed by atoms with E-state index in [0.717, 1.165) is 38.6 Å². The van der Waals surface area contributed by atoms with Crippen molar-refractivity contribution in [2.75, 3.05) is 13.1 Å². The standard InChI is InChI=1S/C14H28N2O2/c1-3-11(4-2)13(17)10-16-14(18)12-8-6-5-7-9-15-12/h11-13,15,17H,3-10H2,1-2H3,(H,16,18). The summed E-state index contributed by atoms with van der Waals surface area (Å²) in [6.45, 7) is 5.45. The molecule has 0 aromatic carbocycles. The predicted molar refractivity (Wildman–Crippen MR) is 73.3 cm³/mol. The minimum Gasteiger partial charge on any atom is -0.391 e. The molecule has 0 bridgehead atoms. The highest BCUT2D eigenvalue weighted by molar-refractivity contribution is 5.81. The van der Waals surface area contributed by atoms with Crippen LogP contribution >= 0.6 is 0 Å². The second-order valence-corrected chi connectivity index (χ2v) is 5.25. The number of nitrogens with one attached hydrogen (secondary N) is 2. The zero-order chi connectivity index (χ0) is 13.4. The van der Waals surface area contributed by atoms with Crippen molar-refractivity contribution in [3.05, 3.63) is 0 Å². The van der Waals surface area contributed by atoms with Crippen LogP contribution in [0.25, 0.3) is 0 Å². The average molecular weight is 256 g/mol. The van der Waals surface area contributed by atoms with Gasteiger partial charge in [-0.15, -0.1) is 0 Å². The first-order chi connectivity index (χ1) is 8.69. The van der Waals surface area contributed by atoms with Gasteiger partial charge in [-0.2, -0.15) is 0 Å². The third kappa shape index (κ3) is 4.94. The van der Waals surface area contributed by atoms with Gasteiger partial charge in [-0.1, -0.05) is 39.5 Å². The molecule has 1 aliphatic heterocycles. The SMILES string of the molecule is CCC(CC)C(O)CNC(=O)C1CCCCCN1. The Morgan fingerprint density at radius 3 is 2.72 bits per heavy atom. The van der Waals surface area contributed by atoms with Crippen LogP contribution in [-0.2, 0) is 4.79 Å². The van der Waals surface area contributed by atoms with Gasteiger partial charge in [0.2, 0.25) is 5.91 Å². The van der Waals surface area contributed by atoms with Crippen LogP contribution in [0.2, 0.25) is 0 Å². The molecule has 2 atom stereocenters. The van der Waals surface area contributed by atoms with Crippen LogP contribution < -0.4 is 10.6 Å². The molecule has 18 heavy (non-hydrogen) atoms. The van der Waals surface area contributed by atoms with E-state index in [-0.39, 0.29) is 17.9 Å². The van der Waals surface area contributed by atoms with Gasteiger partial charge in [0.05, 0.1) is 12.1 Å². The summed E-state index contributed by atoms with van der Waals surface area (Å²) in [6, 6.07) is -0.0681. The summed E-state index contributed by atoms with van der Waals surface area (Å²) < 4.78 is 0. The third-order valence-corrected chi connectivity index (χ3v) is 3.96. The fourth-order valence-electron chi connectivity index (χ4n) is 2.58. The minimum atomic E-state index is -0.422. The Kier molecular flexibility index (Phi) is 7.28. The quantitative estimate of drug-likeness (QED) is 0.674. The lowest BCUT2D eigenvalue weighted by Gasteiger charge is -2.22. The Labute approximate surface area is 111 Å². The molecule has 1 fully saturated rings.